The van der Waals surface area contributed by atoms with E-state index in [0.717, 1.165) is 32.7 Å². The van der Waals surface area contributed by atoms with Crippen molar-refractivity contribution in [2.24, 2.45) is 7.05 Å². The fourth-order valence-corrected chi connectivity index (χ4v) is 1.98. The molecule has 1 amide bonds. The smallest absolute Gasteiger partial charge is 0.289 e. The number of aromatic nitrogens is 2. The first-order valence-electron chi connectivity index (χ1n) is 7.71. The number of likely N-dealkylation sites (N-methyl/N-ethyl adjacent to an activating group) is 1. The van der Waals surface area contributed by atoms with E-state index >= 15 is 0 Å². The van der Waals surface area contributed by atoms with Gasteiger partial charge in [0.1, 0.15) is 0 Å². The second-order valence-corrected chi connectivity index (χ2v) is 4.09. The lowest BCUT2D eigenvalue weighted by atomic mass is 10.3. The van der Waals surface area contributed by atoms with Gasteiger partial charge in [0.05, 0.1) is 0 Å². The minimum Gasteiger partial charge on any atom is -0.333 e. The molecule has 0 N–H and O–H groups in total. The monoisotopic (exact) mass is 282 g/mol. The van der Waals surface area contributed by atoms with Gasteiger partial charge in [-0.1, -0.05) is 34.6 Å². The van der Waals surface area contributed by atoms with Gasteiger partial charge in [-0.2, -0.15) is 0 Å². The number of rotatable bonds is 2. The van der Waals surface area contributed by atoms with E-state index in [4.69, 9.17) is 0 Å². The SMILES string of the molecule is CC.CC.CCN1CCN(C(=O)c2nccn2C)CC1. The van der Waals surface area contributed by atoms with E-state index < -0.39 is 0 Å². The maximum absolute atomic E-state index is 12.1. The van der Waals surface area contributed by atoms with E-state index in [-0.39, 0.29) is 5.91 Å². The van der Waals surface area contributed by atoms with Crippen LogP contribution in [-0.2, 0) is 7.05 Å². The Labute approximate surface area is 123 Å². The van der Waals surface area contributed by atoms with Crippen LogP contribution in [0.3, 0.4) is 0 Å². The summed E-state index contributed by atoms with van der Waals surface area (Å²) in [7, 11) is 1.85. The Balaban J connectivity index is 0.000000829. The molecule has 20 heavy (non-hydrogen) atoms. The molecule has 0 radical (unpaired) electrons. The average molecular weight is 282 g/mol. The summed E-state index contributed by atoms with van der Waals surface area (Å²) in [6, 6.07) is 0. The minimum atomic E-state index is 0.0447. The fraction of sp³-hybridized carbons (Fsp3) is 0.733. The van der Waals surface area contributed by atoms with Gasteiger partial charge in [0.15, 0.2) is 5.82 Å². The Morgan fingerprint density at radius 1 is 1.15 bits per heavy atom. The van der Waals surface area contributed by atoms with Crippen LogP contribution in [0.2, 0.25) is 0 Å². The number of amides is 1. The van der Waals surface area contributed by atoms with Crippen molar-refractivity contribution < 1.29 is 4.79 Å². The number of carbonyl (C=O) groups is 1. The number of piperazine rings is 1. The summed E-state index contributed by atoms with van der Waals surface area (Å²) in [6.07, 6.45) is 3.46. The maximum Gasteiger partial charge on any atom is 0.289 e. The van der Waals surface area contributed by atoms with E-state index in [1.165, 1.54) is 0 Å². The predicted molar refractivity (Wildman–Crippen MR) is 83.9 cm³/mol. The number of hydrogen-bond acceptors (Lipinski definition) is 3. The molecular weight excluding hydrogens is 252 g/mol. The van der Waals surface area contributed by atoms with Crippen LogP contribution in [0.25, 0.3) is 0 Å². The summed E-state index contributed by atoms with van der Waals surface area (Å²) in [5.41, 5.74) is 0. The molecule has 0 bridgehead atoms. The normalized spacial score (nSPS) is 14.8. The first-order valence-corrected chi connectivity index (χ1v) is 7.71. The van der Waals surface area contributed by atoms with Crippen LogP contribution in [0.15, 0.2) is 12.4 Å². The molecule has 2 heterocycles. The lowest BCUT2D eigenvalue weighted by Crippen LogP contribution is -2.48. The number of carbonyl (C=O) groups excluding carboxylic acids is 1. The van der Waals surface area contributed by atoms with Crippen LogP contribution >= 0.6 is 0 Å². The average Bonchev–Trinajstić information content (AvgIpc) is 2.97. The zero-order valence-corrected chi connectivity index (χ0v) is 13.9. The van der Waals surface area contributed by atoms with E-state index in [2.05, 4.69) is 16.8 Å². The van der Waals surface area contributed by atoms with Crippen LogP contribution < -0.4 is 0 Å². The van der Waals surface area contributed by atoms with Gasteiger partial charge in [-0.25, -0.2) is 4.98 Å². The van der Waals surface area contributed by atoms with Crippen LogP contribution in [0.4, 0.5) is 0 Å². The fourth-order valence-electron chi connectivity index (χ4n) is 1.98. The first-order chi connectivity index (χ1) is 9.72. The van der Waals surface area contributed by atoms with Crippen molar-refractivity contribution in [2.45, 2.75) is 34.6 Å². The molecule has 0 atom stereocenters. The van der Waals surface area contributed by atoms with Crippen LogP contribution in [0.5, 0.6) is 0 Å². The summed E-state index contributed by atoms with van der Waals surface area (Å²) in [4.78, 5) is 20.4. The zero-order chi connectivity index (χ0) is 15.5. The number of imidazole rings is 1. The van der Waals surface area contributed by atoms with Crippen molar-refractivity contribution in [3.8, 4) is 0 Å². The predicted octanol–water partition coefficient (Wildman–Crippen LogP) is 2.25. The van der Waals surface area contributed by atoms with Gasteiger partial charge < -0.3 is 14.4 Å². The highest BCUT2D eigenvalue weighted by atomic mass is 16.2. The first kappa shape index (κ1) is 18.6. The molecule has 0 unspecified atom stereocenters. The molecule has 1 aromatic heterocycles. The largest absolute Gasteiger partial charge is 0.333 e. The highest BCUT2D eigenvalue weighted by Gasteiger charge is 2.23. The van der Waals surface area contributed by atoms with Gasteiger partial charge in [-0.15, -0.1) is 0 Å². The minimum absolute atomic E-state index is 0.0447. The summed E-state index contributed by atoms with van der Waals surface area (Å²) in [5, 5.41) is 0. The molecule has 1 saturated heterocycles. The molecule has 2 rings (SSSR count). The molecule has 5 nitrogen and oxygen atoms in total. The highest BCUT2D eigenvalue weighted by Crippen LogP contribution is 2.06. The zero-order valence-electron chi connectivity index (χ0n) is 13.9. The number of hydrogen-bond donors (Lipinski definition) is 0. The van der Waals surface area contributed by atoms with Gasteiger partial charge in [-0.3, -0.25) is 4.79 Å². The molecule has 0 saturated carbocycles. The Kier molecular flexibility index (Phi) is 9.72. The van der Waals surface area contributed by atoms with Crippen molar-refractivity contribution in [3.05, 3.63) is 18.2 Å². The molecule has 1 aliphatic rings. The Morgan fingerprint density at radius 3 is 2.10 bits per heavy atom. The second kappa shape index (κ2) is 10.4. The van der Waals surface area contributed by atoms with E-state index in [9.17, 15) is 4.79 Å². The number of nitrogens with zero attached hydrogens (tertiary/aromatic N) is 4. The van der Waals surface area contributed by atoms with Gasteiger partial charge in [0.25, 0.3) is 5.91 Å². The van der Waals surface area contributed by atoms with E-state index in [0.29, 0.717) is 5.82 Å². The summed E-state index contributed by atoms with van der Waals surface area (Å²) >= 11 is 0. The van der Waals surface area contributed by atoms with Crippen molar-refractivity contribution in [1.82, 2.24) is 19.4 Å². The summed E-state index contributed by atoms with van der Waals surface area (Å²) in [5.74, 6) is 0.577. The van der Waals surface area contributed by atoms with Gasteiger partial charge in [0, 0.05) is 45.6 Å². The highest BCUT2D eigenvalue weighted by molar-refractivity contribution is 5.90. The summed E-state index contributed by atoms with van der Waals surface area (Å²) in [6.45, 7) is 14.7. The Morgan fingerprint density at radius 2 is 1.70 bits per heavy atom. The molecular formula is C15H30N4O. The van der Waals surface area contributed by atoms with Gasteiger partial charge in [-0.05, 0) is 6.54 Å². The van der Waals surface area contributed by atoms with Crippen LogP contribution in [0, 0.1) is 0 Å². The van der Waals surface area contributed by atoms with Crippen molar-refractivity contribution in [2.75, 3.05) is 32.7 Å². The molecule has 0 aliphatic carbocycles. The lowest BCUT2D eigenvalue weighted by molar-refractivity contribution is 0.0628. The third-order valence-electron chi connectivity index (χ3n) is 3.12. The molecule has 0 aromatic carbocycles. The van der Waals surface area contributed by atoms with E-state index in [1.54, 1.807) is 17.0 Å². The van der Waals surface area contributed by atoms with Crippen molar-refractivity contribution >= 4 is 5.91 Å². The molecule has 116 valence electrons. The van der Waals surface area contributed by atoms with Crippen LogP contribution in [-0.4, -0.2) is 58.0 Å². The van der Waals surface area contributed by atoms with E-state index in [1.807, 2.05) is 39.6 Å². The Bertz CT molecular complexity index is 368. The molecule has 1 aromatic rings. The van der Waals surface area contributed by atoms with Crippen molar-refractivity contribution in [3.63, 3.8) is 0 Å². The topological polar surface area (TPSA) is 41.4 Å². The quantitative estimate of drug-likeness (QED) is 0.835. The standard InChI is InChI=1S/C11H18N4O.2C2H6/c1-3-14-6-8-15(9-7-14)11(16)10-12-4-5-13(10)2;2*1-2/h4-5H,3,6-9H2,1-2H3;2*1-2H3. The Hall–Kier alpha value is -1.36. The third kappa shape index (κ3) is 4.96. The molecule has 5 heteroatoms. The van der Waals surface area contributed by atoms with Gasteiger partial charge in [0.2, 0.25) is 0 Å². The number of aryl methyl sites for hydroxylation is 1. The maximum atomic E-state index is 12.1. The molecule has 1 fully saturated rings. The summed E-state index contributed by atoms with van der Waals surface area (Å²) < 4.78 is 1.77. The molecule has 0 spiro atoms. The lowest BCUT2D eigenvalue weighted by Gasteiger charge is -2.33. The molecule has 1 aliphatic heterocycles. The second-order valence-electron chi connectivity index (χ2n) is 4.09. The van der Waals surface area contributed by atoms with Crippen molar-refractivity contribution in [1.29, 1.82) is 0 Å². The van der Waals surface area contributed by atoms with Gasteiger partial charge >= 0.3 is 0 Å². The van der Waals surface area contributed by atoms with Crippen LogP contribution in [0.1, 0.15) is 45.2 Å². The third-order valence-corrected chi connectivity index (χ3v) is 3.12.